The number of nitrogens with zero attached hydrogens (tertiary/aromatic N) is 6. The number of H-pyrrole nitrogens is 1. The van der Waals surface area contributed by atoms with E-state index in [0.29, 0.717) is 62.2 Å². The van der Waals surface area contributed by atoms with E-state index in [-0.39, 0.29) is 36.7 Å². The first-order valence-electron chi connectivity index (χ1n) is 15.8. The number of likely N-dealkylation sites (tertiary alicyclic amines) is 1. The van der Waals surface area contributed by atoms with Gasteiger partial charge in [0, 0.05) is 43.5 Å². The number of imidazole rings is 1. The number of nitrogen functional groups attached to an aromatic ring is 1. The van der Waals surface area contributed by atoms with Crippen molar-refractivity contribution in [2.24, 2.45) is 0 Å². The maximum Gasteiger partial charge on any atom is 0.277 e. The fraction of sp³-hybridized carbons (Fsp3) is 0.516. The number of nitrogens with two attached hydrogens (primary N) is 1. The van der Waals surface area contributed by atoms with Crippen LogP contribution in [0.1, 0.15) is 42.9 Å². The molecule has 3 aromatic heterocycles. The molecule has 1 fully saturated rings. The first-order chi connectivity index (χ1) is 22.6. The van der Waals surface area contributed by atoms with E-state index in [2.05, 4.69) is 29.4 Å². The van der Waals surface area contributed by atoms with E-state index in [4.69, 9.17) is 10.8 Å². The largest absolute Gasteiger partial charge is 0.394 e. The second kappa shape index (κ2) is 14.7. The van der Waals surface area contributed by atoms with Gasteiger partial charge in [-0.25, -0.2) is 19.1 Å². The average molecular weight is 655 g/mol. The number of hydrogen-bond acceptors (Lipinski definition) is 11. The molecule has 16 heteroatoms. The topological polar surface area (TPSA) is 230 Å². The van der Waals surface area contributed by atoms with Gasteiger partial charge in [-0.3, -0.25) is 14.5 Å². The summed E-state index contributed by atoms with van der Waals surface area (Å²) in [7, 11) is 0. The Morgan fingerprint density at radius 1 is 1.15 bits per heavy atom. The Kier molecular flexibility index (Phi) is 10.7. The van der Waals surface area contributed by atoms with Gasteiger partial charge in [0.2, 0.25) is 6.41 Å². The Morgan fingerprint density at radius 2 is 1.87 bits per heavy atom. The van der Waals surface area contributed by atoms with Crippen LogP contribution in [0.5, 0.6) is 0 Å². The lowest BCUT2D eigenvalue weighted by Gasteiger charge is -2.35. The minimum Gasteiger partial charge on any atom is -0.394 e. The van der Waals surface area contributed by atoms with Crippen molar-refractivity contribution in [3.05, 3.63) is 41.9 Å². The lowest BCUT2D eigenvalue weighted by Crippen LogP contribution is -2.52. The van der Waals surface area contributed by atoms with E-state index in [0.717, 1.165) is 16.9 Å². The fourth-order valence-corrected chi connectivity index (χ4v) is 6.27. The van der Waals surface area contributed by atoms with Gasteiger partial charge in [-0.15, -0.1) is 0 Å². The van der Waals surface area contributed by atoms with Crippen molar-refractivity contribution in [3.8, 4) is 0 Å². The van der Waals surface area contributed by atoms with Gasteiger partial charge in [-0.2, -0.15) is 0 Å². The number of aliphatic hydroxyl groups is 5. The van der Waals surface area contributed by atoms with Crippen LogP contribution >= 0.6 is 0 Å². The highest BCUT2D eigenvalue weighted by molar-refractivity contribution is 5.97. The molecule has 0 aliphatic carbocycles. The van der Waals surface area contributed by atoms with Crippen LogP contribution in [-0.2, 0) is 24.4 Å². The predicted molar refractivity (Wildman–Crippen MR) is 172 cm³/mol. The minimum atomic E-state index is -1.67. The highest BCUT2D eigenvalue weighted by Crippen LogP contribution is 2.24. The lowest BCUT2D eigenvalue weighted by molar-refractivity contribution is -0.676. The third kappa shape index (κ3) is 7.07. The van der Waals surface area contributed by atoms with Gasteiger partial charge in [0.25, 0.3) is 11.7 Å². The van der Waals surface area contributed by atoms with Gasteiger partial charge in [0.15, 0.2) is 28.3 Å². The monoisotopic (exact) mass is 654 g/mol. The number of β-amino-alcohol motifs (C(OH)–C–C–N with tert-alkyl or cyclic N) is 1. The van der Waals surface area contributed by atoms with Gasteiger partial charge < -0.3 is 46.5 Å². The number of nitrogens with one attached hydrogen (secondary N) is 2. The number of aromatic amines is 1. The third-order valence-electron chi connectivity index (χ3n) is 8.87. The summed E-state index contributed by atoms with van der Waals surface area (Å²) in [5.41, 5.74) is 9.57. The predicted octanol–water partition coefficient (Wildman–Crippen LogP) is -1.38. The summed E-state index contributed by atoms with van der Waals surface area (Å²) < 4.78 is 4.17. The van der Waals surface area contributed by atoms with Crippen LogP contribution in [0, 0.1) is 0 Å². The van der Waals surface area contributed by atoms with Crippen molar-refractivity contribution >= 4 is 46.2 Å². The van der Waals surface area contributed by atoms with E-state index in [1.165, 1.54) is 4.90 Å². The summed E-state index contributed by atoms with van der Waals surface area (Å²) in [6.45, 7) is 5.84. The van der Waals surface area contributed by atoms with Crippen LogP contribution in [0.15, 0.2) is 30.5 Å². The highest BCUT2D eigenvalue weighted by Gasteiger charge is 2.33. The molecule has 0 bridgehead atoms. The Bertz CT molecular complexity index is 1700. The molecule has 0 unspecified atom stereocenters. The van der Waals surface area contributed by atoms with Crippen LogP contribution in [0.2, 0.25) is 0 Å². The molecule has 9 N–H and O–H groups in total. The van der Waals surface area contributed by atoms with Gasteiger partial charge in [0.1, 0.15) is 30.4 Å². The second-order valence-electron chi connectivity index (χ2n) is 11.8. The van der Waals surface area contributed by atoms with Gasteiger partial charge in [-0.05, 0) is 44.9 Å². The van der Waals surface area contributed by atoms with Crippen molar-refractivity contribution < 1.29 is 39.7 Å². The maximum absolute atomic E-state index is 13.4. The number of benzene rings is 1. The number of carbonyl (C=O) groups is 2. The van der Waals surface area contributed by atoms with Crippen LogP contribution in [0.25, 0.3) is 22.2 Å². The van der Waals surface area contributed by atoms with Gasteiger partial charge in [-0.1, -0.05) is 0 Å². The Hall–Kier alpha value is -4.19. The van der Waals surface area contributed by atoms with Crippen molar-refractivity contribution in [1.82, 2.24) is 29.7 Å². The Balaban J connectivity index is 1.28. The molecule has 0 saturated carbocycles. The minimum absolute atomic E-state index is 0.0723. The van der Waals surface area contributed by atoms with Gasteiger partial charge >= 0.3 is 0 Å². The molecule has 1 saturated heterocycles. The van der Waals surface area contributed by atoms with E-state index < -0.39 is 31.0 Å². The Labute approximate surface area is 271 Å². The highest BCUT2D eigenvalue weighted by atomic mass is 16.4. The normalized spacial score (nSPS) is 17.1. The van der Waals surface area contributed by atoms with Crippen LogP contribution in [0.3, 0.4) is 0 Å². The van der Waals surface area contributed by atoms with Crippen LogP contribution < -0.4 is 20.5 Å². The summed E-state index contributed by atoms with van der Waals surface area (Å²) in [4.78, 5) is 40.9. The lowest BCUT2D eigenvalue weighted by atomic mass is 10.0. The summed E-state index contributed by atoms with van der Waals surface area (Å²) in [6, 6.07) is 7.21. The van der Waals surface area contributed by atoms with Crippen molar-refractivity contribution in [2.75, 3.05) is 36.9 Å². The zero-order chi connectivity index (χ0) is 33.8. The molecule has 0 spiro atoms. The second-order valence-corrected chi connectivity index (χ2v) is 11.8. The molecule has 2 amide bonds. The number of carbonyl (C=O) groups excluding carboxylic acids is 2. The number of amides is 2. The molecular formula is C31H44N9O7+. The van der Waals surface area contributed by atoms with Crippen molar-refractivity contribution in [2.45, 2.75) is 76.8 Å². The number of aromatic nitrogens is 5. The first kappa shape index (κ1) is 34.2. The number of fused-ring (bicyclic) bond motifs is 2. The Morgan fingerprint density at radius 3 is 2.53 bits per heavy atom. The third-order valence-corrected chi connectivity index (χ3v) is 8.87. The standard InChI is InChI=1S/C31H43N9O7/c1-3-39-21-6-5-18(31(47)34-19-8-11-37(12-9-19)14-23(43)26(45)27(46)24(44)16-41)13-22(21)40(4-2)25(39)15-38(17-42)30-28(32)36-29-20(35-30)7-10-33-29/h5-7,10,13,17,19,23-24,26-27,41,43-46H,3-4,8-9,11-12,14-16H2,1-2H3,(H3-,32,33,34,35,36,47)/p+1/t23-,24+,26+,27+/m0/s1. The fourth-order valence-electron chi connectivity index (χ4n) is 6.27. The molecule has 4 heterocycles. The molecule has 5 rings (SSSR count). The molecule has 1 aliphatic heterocycles. The molecule has 254 valence electrons. The SMILES string of the molecule is CCn1c(CN(C=O)c2nc3cc[nH]c3nc2N)[n+](CC)c2ccc(C(=O)NC3CCN(C[C@H](O)[C@@H](O)[C@H](O)[C@H](O)CO)CC3)cc21. The molecular weight excluding hydrogens is 610 g/mol. The first-order valence-corrected chi connectivity index (χ1v) is 15.8. The van der Waals surface area contributed by atoms with Crippen LogP contribution in [-0.4, -0.2) is 119 Å². The number of piperidine rings is 1. The molecule has 4 atom stereocenters. The number of rotatable bonds is 14. The summed E-state index contributed by atoms with van der Waals surface area (Å²) in [5.74, 6) is 1.01. The van der Waals surface area contributed by atoms with Crippen molar-refractivity contribution in [3.63, 3.8) is 0 Å². The summed E-state index contributed by atoms with van der Waals surface area (Å²) in [6.07, 6.45) is -2.52. The summed E-state index contributed by atoms with van der Waals surface area (Å²) >= 11 is 0. The molecule has 0 radical (unpaired) electrons. The number of hydrogen-bond donors (Lipinski definition) is 8. The number of aryl methyl sites for hydroxylation is 2. The van der Waals surface area contributed by atoms with E-state index in [1.807, 2.05) is 30.9 Å². The molecule has 1 aliphatic rings. The van der Waals surface area contributed by atoms with E-state index in [9.17, 15) is 30.0 Å². The van der Waals surface area contributed by atoms with E-state index in [1.54, 1.807) is 18.3 Å². The zero-order valence-corrected chi connectivity index (χ0v) is 26.5. The van der Waals surface area contributed by atoms with Crippen molar-refractivity contribution in [1.29, 1.82) is 0 Å². The molecule has 47 heavy (non-hydrogen) atoms. The summed E-state index contributed by atoms with van der Waals surface area (Å²) in [5, 5.41) is 52.0. The quantitative estimate of drug-likeness (QED) is 0.0583. The van der Waals surface area contributed by atoms with E-state index >= 15 is 0 Å². The number of aliphatic hydroxyl groups excluding tert-OH is 5. The molecule has 1 aromatic carbocycles. The zero-order valence-electron chi connectivity index (χ0n) is 26.5. The maximum atomic E-state index is 13.4. The smallest absolute Gasteiger partial charge is 0.277 e. The average Bonchev–Trinajstić information content (AvgIpc) is 3.66. The van der Waals surface area contributed by atoms with Gasteiger partial charge in [0.05, 0.1) is 25.8 Å². The molecule has 4 aromatic rings. The molecule has 16 nitrogen and oxygen atoms in total. The number of anilines is 2. The van der Waals surface area contributed by atoms with Crippen LogP contribution in [0.4, 0.5) is 11.6 Å².